The van der Waals surface area contributed by atoms with E-state index in [1.807, 2.05) is 66.8 Å². The number of carbonyl (C=O) groups excluding carboxylic acids is 2. The first-order valence-corrected chi connectivity index (χ1v) is 19.1. The third-order valence-electron chi connectivity index (χ3n) is 11.3. The largest absolute Gasteiger partial charge is 0.508 e. The summed E-state index contributed by atoms with van der Waals surface area (Å²) in [6.07, 6.45) is 0.641. The molecule has 1 fully saturated rings. The van der Waals surface area contributed by atoms with Crippen molar-refractivity contribution in [1.82, 2.24) is 14.4 Å². The molecule has 12 heteroatoms. The molecule has 0 saturated carbocycles. The fourth-order valence-corrected chi connectivity index (χ4v) is 7.98. The van der Waals surface area contributed by atoms with Gasteiger partial charge in [-0.15, -0.1) is 0 Å². The summed E-state index contributed by atoms with van der Waals surface area (Å²) < 4.78 is 45.5. The van der Waals surface area contributed by atoms with Crippen LogP contribution in [0.3, 0.4) is 0 Å². The van der Waals surface area contributed by atoms with E-state index in [2.05, 4.69) is 11.0 Å². The average Bonchev–Trinajstić information content (AvgIpc) is 3.50. The molecule has 2 amide bonds. The number of phenols is 1. The van der Waals surface area contributed by atoms with E-state index in [9.17, 15) is 18.7 Å². The number of aryl methyl sites for hydroxylation is 1. The molecule has 0 aliphatic carbocycles. The number of anilines is 1. The van der Waals surface area contributed by atoms with Gasteiger partial charge in [-0.05, 0) is 104 Å². The molecule has 10 nitrogen and oxygen atoms in total. The number of amides is 2. The molecule has 0 bridgehead atoms. The average molecular weight is 779 g/mol. The predicted octanol–water partition coefficient (Wildman–Crippen LogP) is 7.68. The van der Waals surface area contributed by atoms with Crippen LogP contribution in [0.15, 0.2) is 84.9 Å². The van der Waals surface area contributed by atoms with E-state index < -0.39 is 6.61 Å². The molecule has 298 valence electrons. The van der Waals surface area contributed by atoms with Crippen LogP contribution < -0.4 is 14.4 Å². The molecule has 5 aromatic rings. The number of nitrogens with zero attached hydrogens (tertiary/aromatic N) is 4. The third-order valence-corrected chi connectivity index (χ3v) is 11.3. The van der Waals surface area contributed by atoms with Crippen molar-refractivity contribution in [3.63, 3.8) is 0 Å². The Labute approximate surface area is 331 Å². The lowest BCUT2D eigenvalue weighted by Gasteiger charge is -2.40. The molecule has 2 aliphatic heterocycles. The fourth-order valence-electron chi connectivity index (χ4n) is 7.98. The second kappa shape index (κ2) is 16.8. The van der Waals surface area contributed by atoms with Gasteiger partial charge in [0.15, 0.2) is 0 Å². The number of morpholine rings is 1. The maximum Gasteiger partial charge on any atom is 0.387 e. The normalized spacial score (nSPS) is 15.7. The van der Waals surface area contributed by atoms with Crippen molar-refractivity contribution in [1.29, 1.82) is 0 Å². The fraction of sp³-hybridized carbons (Fsp3) is 0.333. The van der Waals surface area contributed by atoms with Gasteiger partial charge in [-0.25, -0.2) is 0 Å². The van der Waals surface area contributed by atoms with Gasteiger partial charge in [-0.2, -0.15) is 8.78 Å². The van der Waals surface area contributed by atoms with Gasteiger partial charge in [0, 0.05) is 61.9 Å². The molecule has 0 unspecified atom stereocenters. The lowest BCUT2D eigenvalue weighted by Crippen LogP contribution is -2.52. The molecule has 3 heterocycles. The third kappa shape index (κ3) is 8.24. The number of benzene rings is 4. The number of alkyl halides is 2. The summed E-state index contributed by atoms with van der Waals surface area (Å²) in [4.78, 5) is 35.7. The van der Waals surface area contributed by atoms with Gasteiger partial charge in [0.05, 0.1) is 38.0 Å². The zero-order valence-corrected chi connectivity index (χ0v) is 32.9. The zero-order chi connectivity index (χ0) is 40.4. The van der Waals surface area contributed by atoms with Crippen molar-refractivity contribution in [2.45, 2.75) is 52.9 Å². The van der Waals surface area contributed by atoms with Gasteiger partial charge in [0.2, 0.25) is 0 Å². The number of methoxy groups -OCH3 is 1. The highest BCUT2D eigenvalue weighted by Gasteiger charge is 2.35. The van der Waals surface area contributed by atoms with Crippen LogP contribution in [0.4, 0.5) is 14.5 Å². The van der Waals surface area contributed by atoms with Gasteiger partial charge in [-0.3, -0.25) is 14.5 Å². The van der Waals surface area contributed by atoms with Crippen molar-refractivity contribution in [3.05, 3.63) is 130 Å². The summed E-state index contributed by atoms with van der Waals surface area (Å²) >= 11 is 0. The van der Waals surface area contributed by atoms with Gasteiger partial charge in [0.25, 0.3) is 11.8 Å². The van der Waals surface area contributed by atoms with E-state index >= 15 is 4.79 Å². The van der Waals surface area contributed by atoms with Crippen LogP contribution in [0.1, 0.15) is 54.2 Å². The Morgan fingerprint density at radius 1 is 0.912 bits per heavy atom. The molecule has 1 aromatic heterocycles. The number of carbonyl (C=O) groups is 2. The van der Waals surface area contributed by atoms with Gasteiger partial charge >= 0.3 is 6.61 Å². The summed E-state index contributed by atoms with van der Waals surface area (Å²) in [5, 5.41) is 10.1. The van der Waals surface area contributed by atoms with Crippen molar-refractivity contribution < 1.29 is 37.7 Å². The second-order valence-corrected chi connectivity index (χ2v) is 14.8. The van der Waals surface area contributed by atoms with Crippen LogP contribution in [-0.4, -0.2) is 83.9 Å². The highest BCUT2D eigenvalue weighted by Crippen LogP contribution is 2.37. The number of hydrogen-bond acceptors (Lipinski definition) is 7. The van der Waals surface area contributed by atoms with E-state index in [4.69, 9.17) is 14.2 Å². The highest BCUT2D eigenvalue weighted by atomic mass is 19.3. The number of fused-ring (bicyclic) bond motifs is 1. The number of rotatable bonds is 11. The smallest absolute Gasteiger partial charge is 0.387 e. The minimum Gasteiger partial charge on any atom is -0.508 e. The lowest BCUT2D eigenvalue weighted by atomic mass is 9.91. The topological polar surface area (TPSA) is 96.7 Å². The molecular weight excluding hydrogens is 731 g/mol. The van der Waals surface area contributed by atoms with Crippen molar-refractivity contribution >= 4 is 17.5 Å². The van der Waals surface area contributed by atoms with E-state index in [1.165, 1.54) is 23.8 Å². The van der Waals surface area contributed by atoms with Gasteiger partial charge in [0.1, 0.15) is 17.2 Å². The maximum absolute atomic E-state index is 15.1. The van der Waals surface area contributed by atoms with Gasteiger partial charge in [-0.1, -0.05) is 36.4 Å². The number of hydrogen-bond donors (Lipinski definition) is 1. The van der Waals surface area contributed by atoms with E-state index in [0.29, 0.717) is 72.2 Å². The first-order valence-electron chi connectivity index (χ1n) is 19.1. The van der Waals surface area contributed by atoms with E-state index in [1.54, 1.807) is 43.2 Å². The molecule has 0 spiro atoms. The first kappa shape index (κ1) is 39.5. The molecular formula is C45H48F2N4O6. The Kier molecular flexibility index (Phi) is 11.6. The minimum absolute atomic E-state index is 0.0677. The summed E-state index contributed by atoms with van der Waals surface area (Å²) in [6.45, 7) is 6.28. The Balaban J connectivity index is 1.31. The quantitative estimate of drug-likeness (QED) is 0.147. The first-order chi connectivity index (χ1) is 27.4. The predicted molar refractivity (Wildman–Crippen MR) is 214 cm³/mol. The van der Waals surface area contributed by atoms with Crippen LogP contribution in [0.2, 0.25) is 0 Å². The number of halogens is 2. The summed E-state index contributed by atoms with van der Waals surface area (Å²) in [5.41, 5.74) is 7.25. The standard InChI is InChI=1S/C45H48F2N4O6/c1-28-21-38(39(24-42(28)57-45(46)47)44(54)51-26-33-10-7-6-9-31(33)22-35(51)27-49-17-19-56-20-18-49)40-23-37(30(3)48(40)4)43(53)50(34-13-15-36(52)16-14-34)25-32-11-8-12-41(55-5)29(32)2/h6-16,21,23-24,35,45,52H,17-20,22,25-27H2,1-5H3/t35-/m0/s1. The van der Waals surface area contributed by atoms with E-state index in [0.717, 1.165) is 29.8 Å². The van der Waals surface area contributed by atoms with Gasteiger partial charge < -0.3 is 33.7 Å². The highest BCUT2D eigenvalue weighted by molar-refractivity contribution is 6.08. The molecule has 57 heavy (non-hydrogen) atoms. The SMILES string of the molecule is COc1cccc(CN(C(=O)c2cc(-c3cc(C)c(OC(F)F)cc3C(=O)N3Cc4ccccc4C[C@H]3CN3CCOCC3)n(C)c2C)c2ccc(O)cc2)c1C. The van der Waals surface area contributed by atoms with Crippen LogP contribution in [-0.2, 0) is 31.3 Å². The Morgan fingerprint density at radius 3 is 2.33 bits per heavy atom. The lowest BCUT2D eigenvalue weighted by molar-refractivity contribution is -0.0503. The van der Waals surface area contributed by atoms with Crippen molar-refractivity contribution in [3.8, 4) is 28.5 Å². The molecule has 1 N–H and O–H groups in total. The molecule has 4 aromatic carbocycles. The molecule has 1 saturated heterocycles. The molecule has 7 rings (SSSR count). The van der Waals surface area contributed by atoms with Crippen LogP contribution in [0, 0.1) is 20.8 Å². The van der Waals surface area contributed by atoms with Crippen molar-refractivity contribution in [2.24, 2.45) is 7.05 Å². The summed E-state index contributed by atoms with van der Waals surface area (Å²) in [6, 6.07) is 24.9. The Morgan fingerprint density at radius 2 is 1.63 bits per heavy atom. The molecule has 0 radical (unpaired) electrons. The molecule has 2 aliphatic rings. The van der Waals surface area contributed by atoms with Crippen molar-refractivity contribution in [2.75, 3.05) is 44.9 Å². The Hall–Kier alpha value is -5.72. The second-order valence-electron chi connectivity index (χ2n) is 14.8. The van der Waals surface area contributed by atoms with E-state index in [-0.39, 0.29) is 41.5 Å². The number of phenolic OH excluding ortho intramolecular Hbond substituents is 1. The van der Waals surface area contributed by atoms with Crippen LogP contribution in [0.5, 0.6) is 17.2 Å². The number of aromatic nitrogens is 1. The summed E-state index contributed by atoms with van der Waals surface area (Å²) in [7, 11) is 3.43. The number of ether oxygens (including phenoxy) is 3. The molecule has 1 atom stereocenters. The number of aromatic hydroxyl groups is 1. The van der Waals surface area contributed by atoms with Crippen LogP contribution in [0.25, 0.3) is 11.3 Å². The zero-order valence-electron chi connectivity index (χ0n) is 32.9. The van der Waals surface area contributed by atoms with Crippen LogP contribution >= 0.6 is 0 Å². The minimum atomic E-state index is -3.09. The monoisotopic (exact) mass is 778 g/mol. The summed E-state index contributed by atoms with van der Waals surface area (Å²) in [5.74, 6) is 0.0530. The Bertz CT molecular complexity index is 2270. The maximum atomic E-state index is 15.1.